The third-order valence-electron chi connectivity index (χ3n) is 4.30. The van der Waals surface area contributed by atoms with Crippen LogP contribution >= 0.6 is 0 Å². The number of anilines is 2. The maximum atomic E-state index is 12.3. The number of fused-ring (bicyclic) bond motifs is 1. The van der Waals surface area contributed by atoms with E-state index in [4.69, 9.17) is 9.47 Å². The Morgan fingerprint density at radius 1 is 1.23 bits per heavy atom. The molecule has 0 atom stereocenters. The van der Waals surface area contributed by atoms with Gasteiger partial charge in [-0.05, 0) is 30.2 Å². The zero-order chi connectivity index (χ0) is 18.5. The molecule has 1 heterocycles. The van der Waals surface area contributed by atoms with Crippen molar-refractivity contribution in [3.05, 3.63) is 48.0 Å². The number of methoxy groups -OCH3 is 1. The molecule has 1 N–H and O–H groups in total. The molecule has 0 bridgehead atoms. The van der Waals surface area contributed by atoms with Gasteiger partial charge in [0.05, 0.1) is 19.3 Å². The molecule has 2 aromatic carbocycles. The Labute approximate surface area is 152 Å². The first-order valence-electron chi connectivity index (χ1n) is 8.55. The molecule has 0 unspecified atom stereocenters. The Kier molecular flexibility index (Phi) is 5.41. The van der Waals surface area contributed by atoms with Crippen molar-refractivity contribution < 1.29 is 19.1 Å². The summed E-state index contributed by atoms with van der Waals surface area (Å²) in [4.78, 5) is 25.6. The summed E-state index contributed by atoms with van der Waals surface area (Å²) in [6.07, 6.45) is 0.938. The summed E-state index contributed by atoms with van der Waals surface area (Å²) < 4.78 is 10.9. The zero-order valence-electron chi connectivity index (χ0n) is 15.0. The van der Waals surface area contributed by atoms with Crippen LogP contribution in [0.5, 0.6) is 11.5 Å². The summed E-state index contributed by atoms with van der Waals surface area (Å²) in [5.74, 6) is 1.28. The van der Waals surface area contributed by atoms with E-state index in [0.717, 1.165) is 17.0 Å². The number of ether oxygens (including phenoxy) is 2. The van der Waals surface area contributed by atoms with Gasteiger partial charge in [0.15, 0.2) is 0 Å². The van der Waals surface area contributed by atoms with E-state index in [1.165, 1.54) is 6.92 Å². The third kappa shape index (κ3) is 3.96. The predicted octanol–water partition coefficient (Wildman–Crippen LogP) is 3.01. The first-order chi connectivity index (χ1) is 12.6. The molecule has 0 saturated carbocycles. The molecule has 1 aliphatic rings. The largest absolute Gasteiger partial charge is 0.496 e. The summed E-state index contributed by atoms with van der Waals surface area (Å²) in [6.45, 7) is 2.51. The number of hydrogen-bond acceptors (Lipinski definition) is 4. The molecule has 6 heteroatoms. The number of nitrogens with zero attached hydrogens (tertiary/aromatic N) is 1. The lowest BCUT2D eigenvalue weighted by atomic mass is 10.1. The molecule has 6 nitrogen and oxygen atoms in total. The topological polar surface area (TPSA) is 67.9 Å². The maximum Gasteiger partial charge on any atom is 0.224 e. The van der Waals surface area contributed by atoms with Crippen molar-refractivity contribution in [2.45, 2.75) is 19.8 Å². The lowest BCUT2D eigenvalue weighted by molar-refractivity contribution is -0.117. The molecule has 3 rings (SSSR count). The monoisotopic (exact) mass is 354 g/mol. The SMILES string of the molecule is COc1ccccc1CCC(=O)Nc1ccc2c(c1)OCCN2C(C)=O. The van der Waals surface area contributed by atoms with Gasteiger partial charge in [0.25, 0.3) is 0 Å². The number of aryl methyl sites for hydroxylation is 1. The summed E-state index contributed by atoms with van der Waals surface area (Å²) in [5.41, 5.74) is 2.38. The number of amides is 2. The summed E-state index contributed by atoms with van der Waals surface area (Å²) >= 11 is 0. The fraction of sp³-hybridized carbons (Fsp3) is 0.300. The Morgan fingerprint density at radius 3 is 2.81 bits per heavy atom. The van der Waals surface area contributed by atoms with Gasteiger partial charge in [0.2, 0.25) is 11.8 Å². The Balaban J connectivity index is 1.64. The van der Waals surface area contributed by atoms with E-state index in [1.54, 1.807) is 30.2 Å². The van der Waals surface area contributed by atoms with Crippen molar-refractivity contribution in [3.8, 4) is 11.5 Å². The summed E-state index contributed by atoms with van der Waals surface area (Å²) in [7, 11) is 1.62. The van der Waals surface area contributed by atoms with E-state index in [0.29, 0.717) is 37.4 Å². The lowest BCUT2D eigenvalue weighted by Gasteiger charge is -2.29. The van der Waals surface area contributed by atoms with Gasteiger partial charge >= 0.3 is 0 Å². The van der Waals surface area contributed by atoms with Crippen molar-refractivity contribution in [2.24, 2.45) is 0 Å². The Hall–Kier alpha value is -3.02. The zero-order valence-corrected chi connectivity index (χ0v) is 15.0. The first kappa shape index (κ1) is 17.8. The lowest BCUT2D eigenvalue weighted by Crippen LogP contribution is -2.36. The number of benzene rings is 2. The van der Waals surface area contributed by atoms with Crippen molar-refractivity contribution >= 4 is 23.2 Å². The van der Waals surface area contributed by atoms with Crippen molar-refractivity contribution in [1.29, 1.82) is 0 Å². The number of hydrogen-bond donors (Lipinski definition) is 1. The highest BCUT2D eigenvalue weighted by atomic mass is 16.5. The first-order valence-corrected chi connectivity index (χ1v) is 8.55. The highest BCUT2D eigenvalue weighted by Gasteiger charge is 2.21. The minimum atomic E-state index is -0.0879. The summed E-state index contributed by atoms with van der Waals surface area (Å²) in [5, 5.41) is 2.88. The van der Waals surface area contributed by atoms with Crippen LogP contribution in [0.25, 0.3) is 0 Å². The van der Waals surface area contributed by atoms with Gasteiger partial charge in [-0.15, -0.1) is 0 Å². The average molecular weight is 354 g/mol. The van der Waals surface area contributed by atoms with Crippen LogP contribution < -0.4 is 19.7 Å². The molecule has 136 valence electrons. The van der Waals surface area contributed by atoms with Crippen LogP contribution in [0.4, 0.5) is 11.4 Å². The highest BCUT2D eigenvalue weighted by molar-refractivity contribution is 5.95. The van der Waals surface area contributed by atoms with E-state index in [-0.39, 0.29) is 11.8 Å². The third-order valence-corrected chi connectivity index (χ3v) is 4.30. The smallest absolute Gasteiger partial charge is 0.224 e. The molecular weight excluding hydrogens is 332 g/mol. The molecule has 0 fully saturated rings. The van der Waals surface area contributed by atoms with E-state index in [2.05, 4.69) is 5.32 Å². The molecule has 0 spiro atoms. The van der Waals surface area contributed by atoms with Gasteiger partial charge in [-0.25, -0.2) is 0 Å². The fourth-order valence-corrected chi connectivity index (χ4v) is 3.01. The quantitative estimate of drug-likeness (QED) is 0.896. The predicted molar refractivity (Wildman–Crippen MR) is 99.9 cm³/mol. The van der Waals surface area contributed by atoms with Crippen LogP contribution in [0.1, 0.15) is 18.9 Å². The minimum absolute atomic E-state index is 0.0249. The number of nitrogens with one attached hydrogen (secondary N) is 1. The van der Waals surface area contributed by atoms with Crippen LogP contribution in [0, 0.1) is 0 Å². The molecule has 0 aliphatic carbocycles. The molecule has 1 aliphatic heterocycles. The second-order valence-corrected chi connectivity index (χ2v) is 6.06. The van der Waals surface area contributed by atoms with Crippen molar-refractivity contribution in [3.63, 3.8) is 0 Å². The number of carbonyl (C=O) groups excluding carboxylic acids is 2. The van der Waals surface area contributed by atoms with Crippen molar-refractivity contribution in [2.75, 3.05) is 30.5 Å². The minimum Gasteiger partial charge on any atom is -0.496 e. The van der Waals surface area contributed by atoms with Crippen LogP contribution in [-0.2, 0) is 16.0 Å². The van der Waals surface area contributed by atoms with Gasteiger partial charge in [-0.1, -0.05) is 18.2 Å². The number of rotatable bonds is 5. The van der Waals surface area contributed by atoms with E-state index in [1.807, 2.05) is 24.3 Å². The standard InChI is InChI=1S/C20H22N2O4/c1-14(23)22-11-12-26-19-13-16(8-9-17(19)22)21-20(24)10-7-15-5-3-4-6-18(15)25-2/h3-6,8-9,13H,7,10-12H2,1-2H3,(H,21,24). The van der Waals surface area contributed by atoms with Gasteiger partial charge in [0.1, 0.15) is 18.1 Å². The fourth-order valence-electron chi connectivity index (χ4n) is 3.01. The van der Waals surface area contributed by atoms with Crippen LogP contribution in [0.15, 0.2) is 42.5 Å². The van der Waals surface area contributed by atoms with Gasteiger partial charge < -0.3 is 19.7 Å². The van der Waals surface area contributed by atoms with Crippen LogP contribution in [-0.4, -0.2) is 32.1 Å². The Morgan fingerprint density at radius 2 is 2.04 bits per heavy atom. The second kappa shape index (κ2) is 7.91. The summed E-state index contributed by atoms with van der Waals surface area (Å²) in [6, 6.07) is 13.0. The number of carbonyl (C=O) groups is 2. The molecule has 0 radical (unpaired) electrons. The molecule has 2 aromatic rings. The molecular formula is C20H22N2O4. The van der Waals surface area contributed by atoms with E-state index < -0.39 is 0 Å². The maximum absolute atomic E-state index is 12.3. The second-order valence-electron chi connectivity index (χ2n) is 6.06. The van der Waals surface area contributed by atoms with Crippen molar-refractivity contribution in [1.82, 2.24) is 0 Å². The Bertz CT molecular complexity index is 819. The van der Waals surface area contributed by atoms with Crippen LogP contribution in [0.2, 0.25) is 0 Å². The number of para-hydroxylation sites is 1. The van der Waals surface area contributed by atoms with Gasteiger partial charge in [-0.3, -0.25) is 9.59 Å². The molecule has 2 amide bonds. The van der Waals surface area contributed by atoms with Gasteiger partial charge in [-0.2, -0.15) is 0 Å². The molecule has 26 heavy (non-hydrogen) atoms. The molecule has 0 saturated heterocycles. The van der Waals surface area contributed by atoms with E-state index in [9.17, 15) is 9.59 Å². The average Bonchev–Trinajstić information content (AvgIpc) is 2.65. The van der Waals surface area contributed by atoms with Gasteiger partial charge in [0, 0.05) is 25.1 Å². The normalized spacial score (nSPS) is 12.8. The highest BCUT2D eigenvalue weighted by Crippen LogP contribution is 2.34. The van der Waals surface area contributed by atoms with Crippen LogP contribution in [0.3, 0.4) is 0 Å². The van der Waals surface area contributed by atoms with E-state index >= 15 is 0 Å². The molecule has 0 aromatic heterocycles.